The van der Waals surface area contributed by atoms with E-state index in [1.54, 1.807) is 0 Å². The molecule has 3 heteroatoms. The average Bonchev–Trinajstić information content (AvgIpc) is 2.30. The van der Waals surface area contributed by atoms with Gasteiger partial charge in [-0.05, 0) is 11.1 Å². The topological polar surface area (TPSA) is 26.0 Å². The maximum Gasteiger partial charge on any atom is 0.123 e. The number of nitrogens with two attached hydrogens (primary N) is 1. The minimum atomic E-state index is -0.882. The normalized spacial score (nSPS) is 26.2. The molecule has 1 nitrogen and oxygen atoms in total. The molecule has 0 saturated carbocycles. The van der Waals surface area contributed by atoms with E-state index in [-0.39, 0.29) is 12.4 Å². The smallest absolute Gasteiger partial charge is 0.123 e. The number of alkyl halides is 1. The van der Waals surface area contributed by atoms with Crippen molar-refractivity contribution in [2.75, 3.05) is 0 Å². The number of hydrogen-bond acceptors (Lipinski definition) is 1. The molecule has 0 amide bonds. The summed E-state index contributed by atoms with van der Waals surface area (Å²) in [6.45, 7) is 0. The molecule has 0 unspecified atom stereocenters. The van der Waals surface area contributed by atoms with Gasteiger partial charge in [-0.3, -0.25) is 0 Å². The van der Waals surface area contributed by atoms with Gasteiger partial charge >= 0.3 is 0 Å². The lowest BCUT2D eigenvalue weighted by Gasteiger charge is -2.05. The molecule has 2 N–H and O–H groups in total. The highest BCUT2D eigenvalue weighted by atomic mass is 35.5. The first-order chi connectivity index (χ1) is 5.29. The molecule has 0 aliphatic heterocycles. The van der Waals surface area contributed by atoms with Gasteiger partial charge in [0.2, 0.25) is 0 Å². The summed E-state index contributed by atoms with van der Waals surface area (Å²) in [7, 11) is 0. The van der Waals surface area contributed by atoms with E-state index in [4.69, 9.17) is 5.73 Å². The molecule has 1 aliphatic rings. The van der Waals surface area contributed by atoms with Crippen molar-refractivity contribution in [2.45, 2.75) is 18.6 Å². The maximum atomic E-state index is 13.0. The van der Waals surface area contributed by atoms with Crippen LogP contribution in [0.15, 0.2) is 24.3 Å². The van der Waals surface area contributed by atoms with E-state index >= 15 is 0 Å². The molecule has 1 aromatic carbocycles. The van der Waals surface area contributed by atoms with E-state index in [9.17, 15) is 4.39 Å². The van der Waals surface area contributed by atoms with Gasteiger partial charge in [0.1, 0.15) is 6.17 Å². The summed E-state index contributed by atoms with van der Waals surface area (Å²) in [5.41, 5.74) is 7.65. The fourth-order valence-electron chi connectivity index (χ4n) is 1.58. The first kappa shape index (κ1) is 9.49. The summed E-state index contributed by atoms with van der Waals surface area (Å²) < 4.78 is 13.0. The lowest BCUT2D eigenvalue weighted by atomic mass is 10.1. The fourth-order valence-corrected chi connectivity index (χ4v) is 1.58. The molecule has 66 valence electrons. The van der Waals surface area contributed by atoms with Crippen LogP contribution in [-0.2, 0) is 6.42 Å². The maximum absolute atomic E-state index is 13.0. The van der Waals surface area contributed by atoms with E-state index < -0.39 is 12.2 Å². The molecular weight excluding hydrogens is 177 g/mol. The monoisotopic (exact) mass is 187 g/mol. The van der Waals surface area contributed by atoms with Crippen LogP contribution in [-0.4, -0.2) is 6.17 Å². The Hall–Kier alpha value is -0.600. The highest BCUT2D eigenvalue weighted by Gasteiger charge is 2.28. The molecule has 1 aromatic rings. The molecule has 1 aliphatic carbocycles. The van der Waals surface area contributed by atoms with Gasteiger partial charge in [-0.1, -0.05) is 24.3 Å². The van der Waals surface area contributed by atoms with Crippen molar-refractivity contribution in [3.8, 4) is 0 Å². The lowest BCUT2D eigenvalue weighted by molar-refractivity contribution is 0.303. The number of halogens is 2. The van der Waals surface area contributed by atoms with Gasteiger partial charge in [-0.2, -0.15) is 0 Å². The predicted molar refractivity (Wildman–Crippen MR) is 49.2 cm³/mol. The number of benzene rings is 1. The third-order valence-electron chi connectivity index (χ3n) is 2.22. The van der Waals surface area contributed by atoms with Crippen LogP contribution in [0.5, 0.6) is 0 Å². The molecule has 2 rings (SSSR count). The van der Waals surface area contributed by atoms with Crippen molar-refractivity contribution in [2.24, 2.45) is 5.73 Å². The Morgan fingerprint density at radius 1 is 1.33 bits per heavy atom. The molecule has 12 heavy (non-hydrogen) atoms. The lowest BCUT2D eigenvalue weighted by Crippen LogP contribution is -2.17. The van der Waals surface area contributed by atoms with Gasteiger partial charge < -0.3 is 5.73 Å². The molecule has 0 saturated heterocycles. The SMILES string of the molecule is Cl.N[C@H]1c2ccccc2C[C@H]1F. The Labute approximate surface area is 77.2 Å². The largest absolute Gasteiger partial charge is 0.322 e. The molecular formula is C9H11ClFN. The van der Waals surface area contributed by atoms with Crippen molar-refractivity contribution in [1.82, 2.24) is 0 Å². The van der Waals surface area contributed by atoms with Crippen molar-refractivity contribution < 1.29 is 4.39 Å². The van der Waals surface area contributed by atoms with Crippen LogP contribution in [0.2, 0.25) is 0 Å². The summed E-state index contributed by atoms with van der Waals surface area (Å²) in [5, 5.41) is 0. The van der Waals surface area contributed by atoms with Gasteiger partial charge in [0, 0.05) is 6.42 Å². The Balaban J connectivity index is 0.000000720. The highest BCUT2D eigenvalue weighted by molar-refractivity contribution is 5.85. The van der Waals surface area contributed by atoms with E-state index in [2.05, 4.69) is 0 Å². The van der Waals surface area contributed by atoms with Crippen LogP contribution in [0.4, 0.5) is 4.39 Å². The van der Waals surface area contributed by atoms with Gasteiger partial charge in [0.15, 0.2) is 0 Å². The van der Waals surface area contributed by atoms with Gasteiger partial charge in [-0.25, -0.2) is 4.39 Å². The zero-order valence-electron chi connectivity index (χ0n) is 6.53. The second kappa shape index (κ2) is 3.42. The van der Waals surface area contributed by atoms with Crippen LogP contribution in [0.1, 0.15) is 17.2 Å². The van der Waals surface area contributed by atoms with Crippen molar-refractivity contribution in [3.63, 3.8) is 0 Å². The van der Waals surface area contributed by atoms with Crippen LogP contribution >= 0.6 is 12.4 Å². The molecule has 0 fully saturated rings. The number of hydrogen-bond donors (Lipinski definition) is 1. The molecule has 0 aromatic heterocycles. The minimum Gasteiger partial charge on any atom is -0.322 e. The summed E-state index contributed by atoms with van der Waals surface area (Å²) in [5.74, 6) is 0. The van der Waals surface area contributed by atoms with Crippen LogP contribution in [0.25, 0.3) is 0 Å². The molecule has 0 spiro atoms. The summed E-state index contributed by atoms with van der Waals surface area (Å²) >= 11 is 0. The average molecular weight is 188 g/mol. The van der Waals surface area contributed by atoms with Gasteiger partial charge in [0.25, 0.3) is 0 Å². The molecule has 0 radical (unpaired) electrons. The zero-order valence-corrected chi connectivity index (χ0v) is 7.35. The van der Waals surface area contributed by atoms with E-state index in [0.29, 0.717) is 6.42 Å². The fraction of sp³-hybridized carbons (Fsp3) is 0.333. The number of fused-ring (bicyclic) bond motifs is 1. The van der Waals surface area contributed by atoms with Crippen molar-refractivity contribution in [1.29, 1.82) is 0 Å². The predicted octanol–water partition coefficient (Wildman–Crippen LogP) is 2.00. The van der Waals surface area contributed by atoms with Crippen LogP contribution < -0.4 is 5.73 Å². The minimum absolute atomic E-state index is 0. The first-order valence-corrected chi connectivity index (χ1v) is 3.76. The van der Waals surface area contributed by atoms with Gasteiger partial charge in [0.05, 0.1) is 6.04 Å². The third-order valence-corrected chi connectivity index (χ3v) is 2.22. The van der Waals surface area contributed by atoms with E-state index in [0.717, 1.165) is 11.1 Å². The van der Waals surface area contributed by atoms with Crippen LogP contribution in [0, 0.1) is 0 Å². The second-order valence-electron chi connectivity index (χ2n) is 2.94. The van der Waals surface area contributed by atoms with E-state index in [1.165, 1.54) is 0 Å². The van der Waals surface area contributed by atoms with E-state index in [1.807, 2.05) is 24.3 Å². The highest BCUT2D eigenvalue weighted by Crippen LogP contribution is 2.30. The molecule has 0 heterocycles. The van der Waals surface area contributed by atoms with Gasteiger partial charge in [-0.15, -0.1) is 12.4 Å². The Kier molecular flexibility index (Phi) is 2.70. The third kappa shape index (κ3) is 1.32. The standard InChI is InChI=1S/C9H10FN.ClH/c10-8-5-6-3-1-2-4-7(6)9(8)11;/h1-4,8-9H,5,11H2;1H/t8-,9+;/m1./s1. The Bertz CT molecular complexity index is 277. The summed E-state index contributed by atoms with van der Waals surface area (Å²) in [4.78, 5) is 0. The molecule has 0 bridgehead atoms. The van der Waals surface area contributed by atoms with Crippen LogP contribution in [0.3, 0.4) is 0 Å². The number of rotatable bonds is 0. The Morgan fingerprint density at radius 3 is 2.67 bits per heavy atom. The zero-order chi connectivity index (χ0) is 7.84. The Morgan fingerprint density at radius 2 is 2.00 bits per heavy atom. The first-order valence-electron chi connectivity index (χ1n) is 3.76. The second-order valence-corrected chi connectivity index (χ2v) is 2.94. The molecule has 2 atom stereocenters. The summed E-state index contributed by atoms with van der Waals surface area (Å²) in [6.07, 6.45) is -0.399. The van der Waals surface area contributed by atoms with Crippen molar-refractivity contribution >= 4 is 12.4 Å². The van der Waals surface area contributed by atoms with Crippen molar-refractivity contribution in [3.05, 3.63) is 35.4 Å². The summed E-state index contributed by atoms with van der Waals surface area (Å²) in [6, 6.07) is 7.26. The quantitative estimate of drug-likeness (QED) is 0.661.